The maximum Gasteiger partial charge on any atom is 0.416 e. The smallest absolute Gasteiger partial charge is 0.337 e. The lowest BCUT2D eigenvalue weighted by molar-refractivity contribution is -0.137. The number of likely N-dealkylation sites (tertiary alicyclic amines) is 1. The standard InChI is InChI=1S/C18H20F3N5O.ClH/c19-18(20,21)14-2-1-3-15(8-14)26-11-16(23-24-26)17(27)25-6-4-12-9-22-10-13(12)5-7-25;/h1-3,8,11-13,22H,4-7,9-10H2;1H/t12-,13+;. The summed E-state index contributed by atoms with van der Waals surface area (Å²) in [6.07, 6.45) is -1.14. The predicted molar refractivity (Wildman–Crippen MR) is 98.6 cm³/mol. The van der Waals surface area contributed by atoms with Crippen LogP contribution in [-0.4, -0.2) is 52.0 Å². The maximum atomic E-state index is 12.9. The Kier molecular flexibility index (Phi) is 5.95. The quantitative estimate of drug-likeness (QED) is 0.819. The van der Waals surface area contributed by atoms with Gasteiger partial charge in [-0.1, -0.05) is 11.3 Å². The minimum absolute atomic E-state index is 0. The fourth-order valence-electron chi connectivity index (χ4n) is 3.90. The van der Waals surface area contributed by atoms with Crippen LogP contribution in [-0.2, 0) is 6.18 Å². The predicted octanol–water partition coefficient (Wildman–Crippen LogP) is 2.78. The first kappa shape index (κ1) is 20.6. The minimum atomic E-state index is -4.44. The average Bonchev–Trinajstić information content (AvgIpc) is 3.27. The van der Waals surface area contributed by atoms with E-state index in [0.717, 1.165) is 38.1 Å². The molecule has 1 aromatic heterocycles. The van der Waals surface area contributed by atoms with Crippen LogP contribution in [0.25, 0.3) is 5.69 Å². The third kappa shape index (κ3) is 4.15. The number of nitrogens with one attached hydrogen (secondary N) is 1. The molecule has 0 saturated carbocycles. The van der Waals surface area contributed by atoms with Crippen LogP contribution < -0.4 is 5.32 Å². The number of aromatic nitrogens is 3. The van der Waals surface area contributed by atoms with Crippen molar-refractivity contribution in [2.24, 2.45) is 11.8 Å². The Labute approximate surface area is 166 Å². The van der Waals surface area contributed by atoms with E-state index in [1.807, 2.05) is 0 Å². The number of benzene rings is 1. The van der Waals surface area contributed by atoms with Gasteiger partial charge in [-0.25, -0.2) is 4.68 Å². The fraction of sp³-hybridized carbons (Fsp3) is 0.500. The number of halogens is 4. The van der Waals surface area contributed by atoms with Gasteiger partial charge in [-0.2, -0.15) is 13.2 Å². The van der Waals surface area contributed by atoms with Gasteiger partial charge in [0.25, 0.3) is 5.91 Å². The summed E-state index contributed by atoms with van der Waals surface area (Å²) in [6.45, 7) is 3.33. The normalized spacial score (nSPS) is 22.3. The van der Waals surface area contributed by atoms with Crippen molar-refractivity contribution in [1.82, 2.24) is 25.2 Å². The van der Waals surface area contributed by atoms with Crippen molar-refractivity contribution in [1.29, 1.82) is 0 Å². The van der Waals surface area contributed by atoms with Gasteiger partial charge in [0.1, 0.15) is 0 Å². The summed E-state index contributed by atoms with van der Waals surface area (Å²) in [6, 6.07) is 4.79. The van der Waals surface area contributed by atoms with E-state index >= 15 is 0 Å². The van der Waals surface area contributed by atoms with Crippen molar-refractivity contribution in [3.05, 3.63) is 41.7 Å². The van der Waals surface area contributed by atoms with Crippen molar-refractivity contribution >= 4 is 18.3 Å². The molecule has 28 heavy (non-hydrogen) atoms. The van der Waals surface area contributed by atoms with E-state index in [2.05, 4.69) is 15.6 Å². The van der Waals surface area contributed by atoms with Crippen LogP contribution in [0.1, 0.15) is 28.9 Å². The molecule has 2 saturated heterocycles. The Balaban J connectivity index is 0.00000225. The highest BCUT2D eigenvalue weighted by molar-refractivity contribution is 5.92. The lowest BCUT2D eigenvalue weighted by Gasteiger charge is -2.19. The maximum absolute atomic E-state index is 12.9. The second kappa shape index (κ2) is 8.08. The molecule has 1 N–H and O–H groups in total. The Morgan fingerprint density at radius 1 is 1.14 bits per heavy atom. The summed E-state index contributed by atoms with van der Waals surface area (Å²) in [4.78, 5) is 14.5. The Morgan fingerprint density at radius 3 is 2.46 bits per heavy atom. The number of carbonyl (C=O) groups is 1. The molecule has 3 heterocycles. The van der Waals surface area contributed by atoms with Crippen molar-refractivity contribution < 1.29 is 18.0 Å². The van der Waals surface area contributed by atoms with E-state index in [1.54, 1.807) is 4.90 Å². The van der Waals surface area contributed by atoms with Gasteiger partial charge in [-0.3, -0.25) is 4.79 Å². The van der Waals surface area contributed by atoms with Gasteiger partial charge in [0.2, 0.25) is 0 Å². The zero-order valence-electron chi connectivity index (χ0n) is 15.0. The minimum Gasteiger partial charge on any atom is -0.337 e. The number of carbonyl (C=O) groups excluding carboxylic acids is 1. The molecule has 6 nitrogen and oxygen atoms in total. The van der Waals surface area contributed by atoms with Crippen LogP contribution in [0, 0.1) is 11.8 Å². The lowest BCUT2D eigenvalue weighted by Crippen LogP contribution is -2.33. The van der Waals surface area contributed by atoms with Crippen molar-refractivity contribution in [2.45, 2.75) is 19.0 Å². The summed E-state index contributed by atoms with van der Waals surface area (Å²) >= 11 is 0. The zero-order chi connectivity index (χ0) is 19.0. The number of rotatable bonds is 2. The molecule has 2 aliphatic heterocycles. The molecule has 1 amide bonds. The number of nitrogens with zero attached hydrogens (tertiary/aromatic N) is 4. The van der Waals surface area contributed by atoms with E-state index in [0.29, 0.717) is 24.9 Å². The number of alkyl halides is 3. The monoisotopic (exact) mass is 415 g/mol. The first-order valence-electron chi connectivity index (χ1n) is 9.02. The van der Waals surface area contributed by atoms with Crippen molar-refractivity contribution in [2.75, 3.05) is 26.2 Å². The van der Waals surface area contributed by atoms with Gasteiger partial charge in [-0.05, 0) is 56.0 Å². The SMILES string of the molecule is Cl.O=C(c1cn(-c2cccc(C(F)(F)F)c2)nn1)N1CC[C@@H]2CNC[C@@H]2CC1. The molecule has 0 radical (unpaired) electrons. The summed E-state index contributed by atoms with van der Waals surface area (Å²) in [5.41, 5.74) is -0.401. The van der Waals surface area contributed by atoms with Gasteiger partial charge in [0, 0.05) is 13.1 Å². The molecule has 0 spiro atoms. The molecule has 152 valence electrons. The zero-order valence-corrected chi connectivity index (χ0v) is 15.8. The van der Waals surface area contributed by atoms with E-state index in [1.165, 1.54) is 23.0 Å². The van der Waals surface area contributed by atoms with Crippen LogP contribution in [0.3, 0.4) is 0 Å². The van der Waals surface area contributed by atoms with E-state index in [4.69, 9.17) is 0 Å². The largest absolute Gasteiger partial charge is 0.416 e. The molecule has 1 aromatic carbocycles. The molecular weight excluding hydrogens is 395 g/mol. The molecule has 0 unspecified atom stereocenters. The van der Waals surface area contributed by atoms with Gasteiger partial charge >= 0.3 is 6.18 Å². The second-order valence-corrected chi connectivity index (χ2v) is 7.14. The summed E-state index contributed by atoms with van der Waals surface area (Å²) < 4.78 is 39.9. The van der Waals surface area contributed by atoms with Gasteiger partial charge in [0.05, 0.1) is 17.4 Å². The Morgan fingerprint density at radius 2 is 1.82 bits per heavy atom. The van der Waals surface area contributed by atoms with Crippen molar-refractivity contribution in [3.8, 4) is 5.69 Å². The molecule has 2 aliphatic rings. The molecule has 0 aliphatic carbocycles. The molecule has 4 rings (SSSR count). The molecule has 2 aromatic rings. The molecular formula is C18H21ClF3N5O. The highest BCUT2D eigenvalue weighted by Crippen LogP contribution is 2.30. The first-order chi connectivity index (χ1) is 12.9. The highest BCUT2D eigenvalue weighted by Gasteiger charge is 2.33. The van der Waals surface area contributed by atoms with Crippen LogP contribution in [0.4, 0.5) is 13.2 Å². The van der Waals surface area contributed by atoms with E-state index < -0.39 is 11.7 Å². The summed E-state index contributed by atoms with van der Waals surface area (Å²) in [7, 11) is 0. The summed E-state index contributed by atoms with van der Waals surface area (Å²) in [5, 5.41) is 11.1. The van der Waals surface area contributed by atoms with Crippen LogP contribution in [0.5, 0.6) is 0 Å². The number of hydrogen-bond donors (Lipinski definition) is 1. The van der Waals surface area contributed by atoms with Crippen molar-refractivity contribution in [3.63, 3.8) is 0 Å². The fourth-order valence-corrected chi connectivity index (χ4v) is 3.90. The molecule has 2 fully saturated rings. The molecule has 0 bridgehead atoms. The number of amides is 1. The van der Waals surface area contributed by atoms with Gasteiger partial charge < -0.3 is 10.2 Å². The van der Waals surface area contributed by atoms with Crippen LogP contribution in [0.2, 0.25) is 0 Å². The Bertz CT molecular complexity index is 827. The molecule has 2 atom stereocenters. The highest BCUT2D eigenvalue weighted by atomic mass is 35.5. The van der Waals surface area contributed by atoms with Crippen LogP contribution >= 0.6 is 12.4 Å². The van der Waals surface area contributed by atoms with Gasteiger partial charge in [0.15, 0.2) is 5.69 Å². The van der Waals surface area contributed by atoms with E-state index in [-0.39, 0.29) is 29.7 Å². The average molecular weight is 416 g/mol. The van der Waals surface area contributed by atoms with Gasteiger partial charge in [-0.15, -0.1) is 17.5 Å². The lowest BCUT2D eigenvalue weighted by atomic mass is 9.92. The topological polar surface area (TPSA) is 63.1 Å². The number of fused-ring (bicyclic) bond motifs is 1. The summed E-state index contributed by atoms with van der Waals surface area (Å²) in [5.74, 6) is 0.980. The third-order valence-corrected chi connectivity index (χ3v) is 5.46. The number of hydrogen-bond acceptors (Lipinski definition) is 4. The second-order valence-electron chi connectivity index (χ2n) is 7.14. The molecule has 10 heteroatoms. The third-order valence-electron chi connectivity index (χ3n) is 5.46. The Hall–Kier alpha value is -2.13. The van der Waals surface area contributed by atoms with E-state index in [9.17, 15) is 18.0 Å². The first-order valence-corrected chi connectivity index (χ1v) is 9.02. The van der Waals surface area contributed by atoms with Crippen LogP contribution in [0.15, 0.2) is 30.5 Å².